The van der Waals surface area contributed by atoms with Gasteiger partial charge in [-0.2, -0.15) is 5.10 Å². The zero-order valence-corrected chi connectivity index (χ0v) is 14.9. The monoisotopic (exact) mass is 347 g/mol. The van der Waals surface area contributed by atoms with E-state index in [0.717, 1.165) is 34.1 Å². The molecule has 3 aromatic rings. The summed E-state index contributed by atoms with van der Waals surface area (Å²) in [5.41, 5.74) is 4.79. The Hall–Kier alpha value is -3.21. The van der Waals surface area contributed by atoms with Crippen LogP contribution in [0.1, 0.15) is 35.5 Å². The van der Waals surface area contributed by atoms with Gasteiger partial charge in [-0.1, -0.05) is 43.3 Å². The lowest BCUT2D eigenvalue weighted by molar-refractivity contribution is 0.0950. The van der Waals surface area contributed by atoms with Gasteiger partial charge in [-0.3, -0.25) is 9.78 Å². The maximum atomic E-state index is 12.2. The number of nitrogens with zero attached hydrogens (tertiary/aromatic N) is 2. The van der Waals surface area contributed by atoms with Crippen LogP contribution in [0.15, 0.2) is 59.8 Å². The lowest BCUT2D eigenvalue weighted by atomic mass is 10.0. The van der Waals surface area contributed by atoms with Gasteiger partial charge in [0.05, 0.1) is 12.8 Å². The number of carbonyl (C=O) groups excluding carboxylic acids is 1. The third-order valence-corrected chi connectivity index (χ3v) is 4.06. The molecule has 0 spiro atoms. The summed E-state index contributed by atoms with van der Waals surface area (Å²) in [6, 6.07) is 15.5. The van der Waals surface area contributed by atoms with Crippen LogP contribution in [0.2, 0.25) is 0 Å². The van der Waals surface area contributed by atoms with Gasteiger partial charge >= 0.3 is 0 Å². The van der Waals surface area contributed by atoms with Gasteiger partial charge < -0.3 is 4.74 Å². The van der Waals surface area contributed by atoms with Crippen molar-refractivity contribution >= 4 is 22.9 Å². The molecular weight excluding hydrogens is 326 g/mol. The Kier molecular flexibility index (Phi) is 5.59. The normalized spacial score (nSPS) is 11.0. The molecule has 0 aliphatic carbocycles. The predicted molar refractivity (Wildman–Crippen MR) is 104 cm³/mol. The Bertz CT molecular complexity index is 934. The quantitative estimate of drug-likeness (QED) is 0.542. The van der Waals surface area contributed by atoms with Gasteiger partial charge in [-0.15, -0.1) is 0 Å². The molecule has 26 heavy (non-hydrogen) atoms. The summed E-state index contributed by atoms with van der Waals surface area (Å²) >= 11 is 0. The van der Waals surface area contributed by atoms with E-state index in [0.29, 0.717) is 12.3 Å². The fourth-order valence-corrected chi connectivity index (χ4v) is 2.67. The molecule has 0 fully saturated rings. The Labute approximate surface area is 152 Å². The molecule has 0 atom stereocenters. The van der Waals surface area contributed by atoms with Gasteiger partial charge in [0.25, 0.3) is 5.91 Å². The van der Waals surface area contributed by atoms with Crippen molar-refractivity contribution in [2.75, 3.05) is 6.61 Å². The number of fused-ring (bicyclic) bond motifs is 1. The summed E-state index contributed by atoms with van der Waals surface area (Å²) in [6.07, 6.45) is 4.20. The molecule has 132 valence electrons. The highest BCUT2D eigenvalue weighted by Gasteiger charge is 2.08. The molecule has 0 saturated heterocycles. The first kappa shape index (κ1) is 17.6. The lowest BCUT2D eigenvalue weighted by Gasteiger charge is -2.10. The zero-order valence-electron chi connectivity index (χ0n) is 14.9. The van der Waals surface area contributed by atoms with Crippen LogP contribution < -0.4 is 10.2 Å². The van der Waals surface area contributed by atoms with E-state index in [1.165, 1.54) is 0 Å². The molecule has 1 aromatic heterocycles. The highest BCUT2D eigenvalue weighted by molar-refractivity contribution is 6.03. The highest BCUT2D eigenvalue weighted by Crippen LogP contribution is 2.26. The molecule has 3 rings (SSSR count). The van der Waals surface area contributed by atoms with Crippen molar-refractivity contribution in [3.05, 3.63) is 71.5 Å². The van der Waals surface area contributed by atoms with E-state index in [1.54, 1.807) is 18.5 Å². The second kappa shape index (κ2) is 8.25. The maximum Gasteiger partial charge on any atom is 0.289 e. The van der Waals surface area contributed by atoms with E-state index in [-0.39, 0.29) is 5.91 Å². The number of benzene rings is 2. The zero-order chi connectivity index (χ0) is 18.4. The Morgan fingerprint density at radius 3 is 2.73 bits per heavy atom. The lowest BCUT2D eigenvalue weighted by Crippen LogP contribution is -2.19. The van der Waals surface area contributed by atoms with Gasteiger partial charge in [-0.05, 0) is 41.8 Å². The van der Waals surface area contributed by atoms with Gasteiger partial charge in [0.2, 0.25) is 0 Å². The van der Waals surface area contributed by atoms with Crippen molar-refractivity contribution in [1.82, 2.24) is 10.4 Å². The molecule has 0 radical (unpaired) electrons. The first-order valence-corrected chi connectivity index (χ1v) is 8.65. The summed E-state index contributed by atoms with van der Waals surface area (Å²) in [5, 5.41) is 6.21. The van der Waals surface area contributed by atoms with Gasteiger partial charge in [0, 0.05) is 11.8 Å². The van der Waals surface area contributed by atoms with Crippen molar-refractivity contribution in [1.29, 1.82) is 0 Å². The van der Waals surface area contributed by atoms with Crippen LogP contribution in [0.5, 0.6) is 5.75 Å². The van der Waals surface area contributed by atoms with E-state index < -0.39 is 0 Å². The molecule has 5 nitrogen and oxygen atoms in total. The van der Waals surface area contributed by atoms with E-state index >= 15 is 0 Å². The van der Waals surface area contributed by atoms with E-state index in [2.05, 4.69) is 15.5 Å². The minimum absolute atomic E-state index is 0.335. The number of nitrogens with one attached hydrogen (secondary N) is 1. The molecule has 1 N–H and O–H groups in total. The first-order valence-electron chi connectivity index (χ1n) is 8.65. The fourth-order valence-electron chi connectivity index (χ4n) is 2.67. The third-order valence-electron chi connectivity index (χ3n) is 4.06. The smallest absolute Gasteiger partial charge is 0.289 e. The molecule has 5 heteroatoms. The molecular formula is C21H21N3O2. The standard InChI is InChI=1S/C21H21N3O2/c1-3-15-9-11-19(22-13-15)21(25)24-23-14-18-17-8-6-5-7-16(17)10-12-20(18)26-4-2/h5-14H,3-4H2,1-2H3,(H,24,25)/b23-14-. The molecule has 0 bridgehead atoms. The number of hydrogen-bond acceptors (Lipinski definition) is 4. The number of hydrazone groups is 1. The minimum atomic E-state index is -0.345. The van der Waals surface area contributed by atoms with Gasteiger partial charge in [0.1, 0.15) is 11.4 Å². The number of aromatic nitrogens is 1. The van der Waals surface area contributed by atoms with Gasteiger partial charge in [-0.25, -0.2) is 5.43 Å². The number of amides is 1. The van der Waals surface area contributed by atoms with Crippen LogP contribution in [0.4, 0.5) is 0 Å². The maximum absolute atomic E-state index is 12.2. The summed E-state index contributed by atoms with van der Waals surface area (Å²) in [4.78, 5) is 16.4. The average molecular weight is 347 g/mol. The number of pyridine rings is 1. The van der Waals surface area contributed by atoms with Crippen LogP contribution >= 0.6 is 0 Å². The molecule has 1 heterocycles. The summed E-state index contributed by atoms with van der Waals surface area (Å²) < 4.78 is 5.70. The predicted octanol–water partition coefficient (Wildman–Crippen LogP) is 3.96. The number of rotatable bonds is 6. The minimum Gasteiger partial charge on any atom is -0.493 e. The summed E-state index contributed by atoms with van der Waals surface area (Å²) in [7, 11) is 0. The molecule has 2 aromatic carbocycles. The largest absolute Gasteiger partial charge is 0.493 e. The molecule has 0 aliphatic rings. The number of carbonyl (C=O) groups is 1. The van der Waals surface area contributed by atoms with Gasteiger partial charge in [0.15, 0.2) is 0 Å². The highest BCUT2D eigenvalue weighted by atomic mass is 16.5. The van der Waals surface area contributed by atoms with Crippen molar-refractivity contribution in [2.45, 2.75) is 20.3 Å². The first-order chi connectivity index (χ1) is 12.7. The fraction of sp³-hybridized carbons (Fsp3) is 0.190. The third kappa shape index (κ3) is 3.88. The second-order valence-electron chi connectivity index (χ2n) is 5.74. The summed E-state index contributed by atoms with van der Waals surface area (Å²) in [6.45, 7) is 4.53. The van der Waals surface area contributed by atoms with Crippen LogP contribution in [-0.2, 0) is 6.42 Å². The molecule has 0 unspecified atom stereocenters. The Morgan fingerprint density at radius 2 is 2.00 bits per heavy atom. The Morgan fingerprint density at radius 1 is 1.15 bits per heavy atom. The SMILES string of the molecule is CCOc1ccc2ccccc2c1/C=N\NC(=O)c1ccc(CC)cn1. The van der Waals surface area contributed by atoms with E-state index in [4.69, 9.17) is 4.74 Å². The van der Waals surface area contributed by atoms with Crippen molar-refractivity contribution in [3.63, 3.8) is 0 Å². The van der Waals surface area contributed by atoms with E-state index in [1.807, 2.05) is 56.3 Å². The van der Waals surface area contributed by atoms with Crippen molar-refractivity contribution < 1.29 is 9.53 Å². The van der Waals surface area contributed by atoms with Crippen LogP contribution in [0.25, 0.3) is 10.8 Å². The Balaban J connectivity index is 1.82. The van der Waals surface area contributed by atoms with Crippen LogP contribution in [-0.4, -0.2) is 23.7 Å². The van der Waals surface area contributed by atoms with Crippen LogP contribution in [0, 0.1) is 0 Å². The number of hydrogen-bond donors (Lipinski definition) is 1. The molecule has 0 saturated carbocycles. The van der Waals surface area contributed by atoms with Crippen molar-refractivity contribution in [3.8, 4) is 5.75 Å². The number of aryl methyl sites for hydroxylation is 1. The molecule has 0 aliphatic heterocycles. The second-order valence-corrected chi connectivity index (χ2v) is 5.74. The summed E-state index contributed by atoms with van der Waals surface area (Å²) in [5.74, 6) is 0.386. The topological polar surface area (TPSA) is 63.6 Å². The van der Waals surface area contributed by atoms with Crippen molar-refractivity contribution in [2.24, 2.45) is 5.10 Å². The average Bonchev–Trinajstić information content (AvgIpc) is 2.69. The number of ether oxygens (including phenoxy) is 1. The molecule has 1 amide bonds. The van der Waals surface area contributed by atoms with E-state index in [9.17, 15) is 4.79 Å². The van der Waals surface area contributed by atoms with Crippen LogP contribution in [0.3, 0.4) is 0 Å².